The number of aromatic amines is 1. The molecule has 7 nitrogen and oxygen atoms in total. The maximum atomic E-state index is 12.7. The van der Waals surface area contributed by atoms with Crippen LogP contribution in [0.25, 0.3) is 11.3 Å². The SMILES string of the molecule is Cc1cccc(C(CCN(C)C)Nc2ccc3c(c2)Sc2cccc(-c4cc(N5CCOCC5)cc(=O)[nH]4)c2S3)n1. The summed E-state index contributed by atoms with van der Waals surface area (Å²) in [4.78, 5) is 29.8. The summed E-state index contributed by atoms with van der Waals surface area (Å²) in [6.07, 6.45) is 0.955. The number of hydrogen-bond acceptors (Lipinski definition) is 8. The fourth-order valence-corrected chi connectivity index (χ4v) is 7.64. The van der Waals surface area contributed by atoms with Gasteiger partial charge in [-0.2, -0.15) is 0 Å². The zero-order valence-corrected chi connectivity index (χ0v) is 25.3. The van der Waals surface area contributed by atoms with Crippen molar-refractivity contribution in [1.29, 1.82) is 0 Å². The lowest BCUT2D eigenvalue weighted by molar-refractivity contribution is 0.122. The van der Waals surface area contributed by atoms with Gasteiger partial charge in [-0.25, -0.2) is 0 Å². The Balaban J connectivity index is 1.27. The van der Waals surface area contributed by atoms with Gasteiger partial charge in [0.2, 0.25) is 5.56 Å². The monoisotopic (exact) mass is 585 g/mol. The Bertz CT molecular complexity index is 1600. The number of H-pyrrole nitrogens is 1. The van der Waals surface area contributed by atoms with Crippen molar-refractivity contribution in [2.45, 2.75) is 39.0 Å². The van der Waals surface area contributed by atoms with Crippen LogP contribution in [0.2, 0.25) is 0 Å². The van der Waals surface area contributed by atoms with Gasteiger partial charge in [-0.3, -0.25) is 9.78 Å². The minimum absolute atomic E-state index is 0.0851. The van der Waals surface area contributed by atoms with E-state index < -0.39 is 0 Å². The van der Waals surface area contributed by atoms with Gasteiger partial charge in [-0.05, 0) is 76.4 Å². The second kappa shape index (κ2) is 12.3. The average Bonchev–Trinajstić information content (AvgIpc) is 2.98. The highest BCUT2D eigenvalue weighted by molar-refractivity contribution is 8.05. The largest absolute Gasteiger partial charge is 0.378 e. The molecule has 2 N–H and O–H groups in total. The van der Waals surface area contributed by atoms with Gasteiger partial charge in [-0.15, -0.1) is 0 Å². The summed E-state index contributed by atoms with van der Waals surface area (Å²) in [5.41, 5.74) is 5.94. The summed E-state index contributed by atoms with van der Waals surface area (Å²) >= 11 is 3.55. The van der Waals surface area contributed by atoms with Crippen molar-refractivity contribution in [3.8, 4) is 11.3 Å². The number of nitrogens with zero attached hydrogens (tertiary/aromatic N) is 3. The summed E-state index contributed by atoms with van der Waals surface area (Å²) in [6, 6.07) is 23.1. The maximum absolute atomic E-state index is 12.7. The first-order valence-electron chi connectivity index (χ1n) is 14.0. The van der Waals surface area contributed by atoms with E-state index in [0.717, 1.165) is 60.1 Å². The molecule has 0 spiro atoms. The number of benzene rings is 2. The number of aryl methyl sites for hydroxylation is 1. The van der Waals surface area contributed by atoms with Gasteiger partial charge < -0.3 is 24.8 Å². The molecule has 1 fully saturated rings. The Morgan fingerprint density at radius 2 is 1.83 bits per heavy atom. The standard InChI is InChI=1S/C32H35N5O2S2/c1-21-6-4-8-25(33-21)26(12-13-36(2)3)34-22-10-11-28-30(18-22)40-29-9-5-7-24(32(29)41-28)27-19-23(20-31(38)35-27)37-14-16-39-17-15-37/h4-11,18-20,26,34H,12-17H2,1-3H3,(H,35,38). The molecule has 1 unspecified atom stereocenters. The molecular formula is C32H35N5O2S2. The highest BCUT2D eigenvalue weighted by Gasteiger charge is 2.23. The van der Waals surface area contributed by atoms with E-state index in [9.17, 15) is 4.79 Å². The minimum atomic E-state index is -0.0851. The molecule has 0 aliphatic carbocycles. The van der Waals surface area contributed by atoms with Gasteiger partial charge in [-0.1, -0.05) is 41.7 Å². The number of morpholine rings is 1. The lowest BCUT2D eigenvalue weighted by Crippen LogP contribution is -2.36. The quantitative estimate of drug-likeness (QED) is 0.220. The molecule has 9 heteroatoms. The Hall–Kier alpha value is -3.24. The van der Waals surface area contributed by atoms with E-state index in [1.165, 1.54) is 19.6 Å². The highest BCUT2D eigenvalue weighted by atomic mass is 32.2. The van der Waals surface area contributed by atoms with E-state index >= 15 is 0 Å². The van der Waals surface area contributed by atoms with Gasteiger partial charge in [0.05, 0.1) is 30.6 Å². The normalized spacial score (nSPS) is 15.4. The molecule has 41 heavy (non-hydrogen) atoms. The molecule has 6 rings (SSSR count). The topological polar surface area (TPSA) is 73.5 Å². The zero-order valence-electron chi connectivity index (χ0n) is 23.6. The fourth-order valence-electron chi connectivity index (χ4n) is 5.22. The Kier molecular flexibility index (Phi) is 8.39. The second-order valence-corrected chi connectivity index (χ2v) is 12.8. The number of nitrogens with one attached hydrogen (secondary N) is 2. The molecule has 2 aromatic heterocycles. The van der Waals surface area contributed by atoms with Gasteiger partial charge in [0.25, 0.3) is 0 Å². The fraction of sp³-hybridized carbons (Fsp3) is 0.312. The first-order valence-corrected chi connectivity index (χ1v) is 15.6. The van der Waals surface area contributed by atoms with E-state index in [-0.39, 0.29) is 11.6 Å². The van der Waals surface area contributed by atoms with E-state index in [0.29, 0.717) is 13.2 Å². The van der Waals surface area contributed by atoms with Crippen LogP contribution in [0.15, 0.2) is 91.1 Å². The van der Waals surface area contributed by atoms with Crippen molar-refractivity contribution in [2.75, 3.05) is 57.2 Å². The third-order valence-electron chi connectivity index (χ3n) is 7.32. The summed E-state index contributed by atoms with van der Waals surface area (Å²) < 4.78 is 5.51. The first kappa shape index (κ1) is 27.9. The molecule has 4 heterocycles. The van der Waals surface area contributed by atoms with E-state index in [2.05, 4.69) is 88.8 Å². The van der Waals surface area contributed by atoms with Gasteiger partial charge in [0.1, 0.15) is 0 Å². The van der Waals surface area contributed by atoms with Gasteiger partial charge in [0.15, 0.2) is 0 Å². The molecular weight excluding hydrogens is 551 g/mol. The Labute approximate surface area is 249 Å². The molecule has 0 radical (unpaired) electrons. The predicted octanol–water partition coefficient (Wildman–Crippen LogP) is 6.30. The van der Waals surface area contributed by atoms with Crippen molar-refractivity contribution in [3.05, 3.63) is 88.5 Å². The predicted molar refractivity (Wildman–Crippen MR) is 169 cm³/mol. The van der Waals surface area contributed by atoms with Crippen molar-refractivity contribution >= 4 is 34.9 Å². The third kappa shape index (κ3) is 6.48. The zero-order chi connectivity index (χ0) is 28.3. The van der Waals surface area contributed by atoms with Gasteiger partial charge in [0, 0.05) is 61.4 Å². The number of ether oxygens (including phenoxy) is 1. The van der Waals surface area contributed by atoms with Crippen LogP contribution in [0.3, 0.4) is 0 Å². The highest BCUT2D eigenvalue weighted by Crippen LogP contribution is 2.52. The molecule has 0 amide bonds. The molecule has 4 aromatic rings. The number of pyridine rings is 2. The molecule has 2 aliphatic rings. The number of rotatable bonds is 8. The molecule has 2 aliphatic heterocycles. The van der Waals surface area contributed by atoms with Crippen LogP contribution < -0.4 is 15.8 Å². The molecule has 1 saturated heterocycles. The van der Waals surface area contributed by atoms with Crippen LogP contribution in [0.4, 0.5) is 11.4 Å². The van der Waals surface area contributed by atoms with Crippen LogP contribution in [-0.4, -0.2) is 61.8 Å². The number of aromatic nitrogens is 2. The smallest absolute Gasteiger partial charge is 0.250 e. The van der Waals surface area contributed by atoms with E-state index in [1.54, 1.807) is 29.6 Å². The summed E-state index contributed by atoms with van der Waals surface area (Å²) in [6.45, 7) is 5.95. The van der Waals surface area contributed by atoms with Crippen LogP contribution in [-0.2, 0) is 4.74 Å². The van der Waals surface area contributed by atoms with Crippen molar-refractivity contribution < 1.29 is 4.74 Å². The number of hydrogen-bond donors (Lipinski definition) is 2. The lowest BCUT2D eigenvalue weighted by Gasteiger charge is -2.29. The molecule has 0 saturated carbocycles. The van der Waals surface area contributed by atoms with Crippen LogP contribution >= 0.6 is 23.5 Å². The first-order chi connectivity index (χ1) is 19.9. The van der Waals surface area contributed by atoms with Crippen molar-refractivity contribution in [2.24, 2.45) is 0 Å². The van der Waals surface area contributed by atoms with Crippen molar-refractivity contribution in [1.82, 2.24) is 14.9 Å². The third-order valence-corrected chi connectivity index (χ3v) is 9.92. The Morgan fingerprint density at radius 3 is 2.63 bits per heavy atom. The summed E-state index contributed by atoms with van der Waals surface area (Å²) in [7, 11) is 4.21. The van der Waals surface area contributed by atoms with Gasteiger partial charge >= 0.3 is 0 Å². The minimum Gasteiger partial charge on any atom is -0.378 e. The molecule has 0 bridgehead atoms. The Morgan fingerprint density at radius 1 is 1.00 bits per heavy atom. The van der Waals surface area contributed by atoms with Crippen LogP contribution in [0.5, 0.6) is 0 Å². The van der Waals surface area contributed by atoms with Crippen LogP contribution in [0.1, 0.15) is 23.9 Å². The average molecular weight is 586 g/mol. The molecule has 2 aromatic carbocycles. The van der Waals surface area contributed by atoms with Crippen LogP contribution in [0, 0.1) is 6.92 Å². The summed E-state index contributed by atoms with van der Waals surface area (Å²) in [5, 5.41) is 3.77. The molecule has 212 valence electrons. The number of anilines is 2. The lowest BCUT2D eigenvalue weighted by atomic mass is 10.1. The van der Waals surface area contributed by atoms with E-state index in [1.807, 2.05) is 13.0 Å². The van der Waals surface area contributed by atoms with Crippen molar-refractivity contribution in [3.63, 3.8) is 0 Å². The van der Waals surface area contributed by atoms with E-state index in [4.69, 9.17) is 9.72 Å². The summed E-state index contributed by atoms with van der Waals surface area (Å²) in [5.74, 6) is 0. The number of fused-ring (bicyclic) bond motifs is 2. The maximum Gasteiger partial charge on any atom is 0.250 e. The molecule has 1 atom stereocenters. The second-order valence-electron chi connectivity index (χ2n) is 10.7.